The molecule has 1 aromatic rings. The molecular weight excluding hydrogens is 364 g/mol. The van der Waals surface area contributed by atoms with E-state index >= 15 is 0 Å². The Morgan fingerprint density at radius 2 is 1.75 bits per heavy atom. The van der Waals surface area contributed by atoms with Crippen LogP contribution in [0.15, 0.2) is 43.3 Å². The lowest BCUT2D eigenvalue weighted by Gasteiger charge is -2.12. The van der Waals surface area contributed by atoms with Crippen LogP contribution in [0.25, 0.3) is 22.6 Å². The van der Waals surface area contributed by atoms with Crippen molar-refractivity contribution in [1.82, 2.24) is 4.98 Å². The third-order valence-electron chi connectivity index (χ3n) is 3.16. The molecule has 0 saturated carbocycles. The van der Waals surface area contributed by atoms with Gasteiger partial charge in [-0.3, -0.25) is 13.9 Å². The topological polar surface area (TPSA) is 178 Å². The average molecular weight is 372 g/mol. The largest absolute Gasteiger partial charge is 0.453 e. The number of aromatic nitrogens is 1. The molecule has 12 heteroatoms. The maximum atomic E-state index is 11.7. The van der Waals surface area contributed by atoms with Gasteiger partial charge in [0, 0.05) is 6.07 Å². The molecule has 0 fully saturated rings. The summed E-state index contributed by atoms with van der Waals surface area (Å²) in [7, 11) is -9.65. The summed E-state index contributed by atoms with van der Waals surface area (Å²) in [6, 6.07) is 4.42. The summed E-state index contributed by atoms with van der Waals surface area (Å²) in [6.07, 6.45) is 0. The monoisotopic (exact) mass is 372 g/mol. The molecule has 10 nitrogen and oxygen atoms in total. The second-order valence-electron chi connectivity index (χ2n) is 4.73. The molecule has 1 aromatic carbocycles. The molecule has 1 aliphatic heterocycles. The van der Waals surface area contributed by atoms with Crippen LogP contribution in [0, 0.1) is 0 Å². The first-order chi connectivity index (χ1) is 11.0. The molecule has 1 aliphatic carbocycles. The molecule has 126 valence electrons. The van der Waals surface area contributed by atoms with Crippen molar-refractivity contribution < 1.29 is 30.4 Å². The first kappa shape index (κ1) is 16.3. The zero-order valence-electron chi connectivity index (χ0n) is 11.5. The summed E-state index contributed by atoms with van der Waals surface area (Å²) < 4.78 is 69.7. The predicted molar refractivity (Wildman–Crippen MR) is 80.9 cm³/mol. The van der Waals surface area contributed by atoms with Crippen LogP contribution < -0.4 is 11.2 Å². The zero-order valence-corrected chi connectivity index (χ0v) is 13.1. The molecule has 0 amide bonds. The minimum absolute atomic E-state index is 0.136. The first-order valence-electron chi connectivity index (χ1n) is 6.11. The SMILES string of the molecule is Nc1c(S(=O)(=O)O)c2nc3c(S(=O)(=O)O)cccc3oc-2cc1=O. The van der Waals surface area contributed by atoms with Gasteiger partial charge in [0.1, 0.15) is 21.8 Å². The highest BCUT2D eigenvalue weighted by atomic mass is 32.2. The molecule has 0 atom stereocenters. The molecule has 0 spiro atoms. The number of rotatable bonds is 2. The van der Waals surface area contributed by atoms with Crippen molar-refractivity contribution in [3.05, 3.63) is 34.5 Å². The van der Waals surface area contributed by atoms with Crippen LogP contribution in [0.2, 0.25) is 0 Å². The van der Waals surface area contributed by atoms with E-state index < -0.39 is 52.4 Å². The number of para-hydroxylation sites is 1. The standard InChI is InChI=1S/C12H8N2O8S2/c13-9-5(15)4-7-11(12(9)24(19,20)21)14-10-6(22-7)2-1-3-8(10)23(16,17)18/h1-4H,13H2,(H,16,17,18)(H,19,20,21). The molecular formula is C12H8N2O8S2. The highest BCUT2D eigenvalue weighted by Crippen LogP contribution is 2.33. The van der Waals surface area contributed by atoms with Gasteiger partial charge in [0.2, 0.25) is 5.43 Å². The minimum Gasteiger partial charge on any atom is -0.453 e. The van der Waals surface area contributed by atoms with E-state index in [0.29, 0.717) is 0 Å². The Kier molecular flexibility index (Phi) is 3.38. The van der Waals surface area contributed by atoms with Gasteiger partial charge in [-0.15, -0.1) is 0 Å². The Morgan fingerprint density at radius 3 is 2.33 bits per heavy atom. The minimum atomic E-state index is -4.96. The lowest BCUT2D eigenvalue weighted by Crippen LogP contribution is -2.17. The third kappa shape index (κ3) is 2.50. The molecule has 0 unspecified atom stereocenters. The molecule has 4 N–H and O–H groups in total. The number of nitrogens with zero attached hydrogens (tertiary/aromatic N) is 1. The molecule has 3 rings (SSSR count). The van der Waals surface area contributed by atoms with E-state index in [-0.39, 0.29) is 11.3 Å². The Balaban J connectivity index is 2.63. The molecule has 0 radical (unpaired) electrons. The van der Waals surface area contributed by atoms with Gasteiger partial charge in [-0.25, -0.2) is 4.98 Å². The summed E-state index contributed by atoms with van der Waals surface area (Å²) in [5, 5.41) is 0. The fourth-order valence-corrected chi connectivity index (χ4v) is 3.60. The van der Waals surface area contributed by atoms with Gasteiger partial charge in [0.15, 0.2) is 16.2 Å². The zero-order chi connectivity index (χ0) is 17.9. The van der Waals surface area contributed by atoms with Crippen LogP contribution >= 0.6 is 0 Å². The fraction of sp³-hybridized carbons (Fsp3) is 0. The van der Waals surface area contributed by atoms with Crippen molar-refractivity contribution in [3.8, 4) is 11.5 Å². The van der Waals surface area contributed by atoms with E-state index in [2.05, 4.69) is 4.98 Å². The van der Waals surface area contributed by atoms with Crippen molar-refractivity contribution >= 4 is 37.0 Å². The highest BCUT2D eigenvalue weighted by molar-refractivity contribution is 7.86. The van der Waals surface area contributed by atoms with E-state index in [1.165, 1.54) is 12.1 Å². The normalized spacial score (nSPS) is 12.8. The Hall–Kier alpha value is -2.54. The third-order valence-corrected chi connectivity index (χ3v) is 4.98. The van der Waals surface area contributed by atoms with Crippen molar-refractivity contribution in [1.29, 1.82) is 0 Å². The molecule has 0 aromatic heterocycles. The molecule has 0 bridgehead atoms. The van der Waals surface area contributed by atoms with E-state index in [1.807, 2.05) is 0 Å². The van der Waals surface area contributed by atoms with Crippen molar-refractivity contribution in [2.24, 2.45) is 0 Å². The summed E-state index contributed by atoms with van der Waals surface area (Å²) in [6.45, 7) is 0. The predicted octanol–water partition coefficient (Wildman–Crippen LogP) is 0.368. The van der Waals surface area contributed by atoms with Crippen LogP contribution in [-0.2, 0) is 20.2 Å². The average Bonchev–Trinajstić information content (AvgIpc) is 2.43. The van der Waals surface area contributed by atoms with E-state index in [0.717, 1.165) is 12.1 Å². The molecule has 1 heterocycles. The van der Waals surface area contributed by atoms with E-state index in [1.54, 1.807) is 0 Å². The lowest BCUT2D eigenvalue weighted by molar-refractivity contribution is 0.482. The smallest absolute Gasteiger partial charge is 0.299 e. The second-order valence-corrected chi connectivity index (χ2v) is 7.48. The van der Waals surface area contributed by atoms with Crippen molar-refractivity contribution in [2.45, 2.75) is 9.79 Å². The summed E-state index contributed by atoms with van der Waals surface area (Å²) in [5.41, 5.74) is 2.61. The first-order valence-corrected chi connectivity index (χ1v) is 8.99. The quantitative estimate of drug-likeness (QED) is 0.323. The van der Waals surface area contributed by atoms with Crippen molar-refractivity contribution in [2.75, 3.05) is 5.73 Å². The summed E-state index contributed by atoms with van der Waals surface area (Å²) >= 11 is 0. The Labute approximate surface area is 134 Å². The molecule has 0 saturated heterocycles. The van der Waals surface area contributed by atoms with Gasteiger partial charge in [-0.1, -0.05) is 6.07 Å². The Bertz CT molecular complexity index is 1230. The van der Waals surface area contributed by atoms with E-state index in [9.17, 15) is 30.7 Å². The highest BCUT2D eigenvalue weighted by Gasteiger charge is 2.29. The number of hydrogen-bond donors (Lipinski definition) is 3. The van der Waals surface area contributed by atoms with Crippen molar-refractivity contribution in [3.63, 3.8) is 0 Å². The van der Waals surface area contributed by atoms with Gasteiger partial charge in [-0.05, 0) is 12.1 Å². The van der Waals surface area contributed by atoms with Crippen LogP contribution in [-0.4, -0.2) is 30.9 Å². The summed E-state index contributed by atoms with van der Waals surface area (Å²) in [5.74, 6) is -0.332. The number of anilines is 1. The number of hydrogen-bond acceptors (Lipinski definition) is 8. The van der Waals surface area contributed by atoms with Gasteiger partial charge >= 0.3 is 0 Å². The van der Waals surface area contributed by atoms with Crippen LogP contribution in [0.1, 0.15) is 0 Å². The second kappa shape index (κ2) is 4.98. The van der Waals surface area contributed by atoms with Gasteiger partial charge < -0.3 is 10.2 Å². The number of fused-ring (bicyclic) bond motifs is 2. The number of nitrogens with two attached hydrogens (primary N) is 1. The van der Waals surface area contributed by atoms with Crippen LogP contribution in [0.3, 0.4) is 0 Å². The maximum absolute atomic E-state index is 11.7. The molecule has 24 heavy (non-hydrogen) atoms. The number of nitrogen functional groups attached to an aromatic ring is 1. The molecule has 2 aliphatic rings. The van der Waals surface area contributed by atoms with Gasteiger partial charge in [-0.2, -0.15) is 16.8 Å². The fourth-order valence-electron chi connectivity index (χ4n) is 2.19. The summed E-state index contributed by atoms with van der Waals surface area (Å²) in [4.78, 5) is 13.9. The maximum Gasteiger partial charge on any atom is 0.299 e. The van der Waals surface area contributed by atoms with Gasteiger partial charge in [0.05, 0.1) is 0 Å². The lowest BCUT2D eigenvalue weighted by atomic mass is 10.2. The Morgan fingerprint density at radius 1 is 1.08 bits per heavy atom. The number of benzene rings is 2. The van der Waals surface area contributed by atoms with Gasteiger partial charge in [0.25, 0.3) is 20.2 Å². The van der Waals surface area contributed by atoms with E-state index in [4.69, 9.17) is 10.2 Å². The van der Waals surface area contributed by atoms with Crippen LogP contribution in [0.4, 0.5) is 5.69 Å². The van der Waals surface area contributed by atoms with Crippen LogP contribution in [0.5, 0.6) is 0 Å².